The zero-order valence-corrected chi connectivity index (χ0v) is 20.5. The Bertz CT molecular complexity index is 774. The molecule has 0 aromatic rings. The molecule has 1 heterocycles. The number of ether oxygens (including phenoxy) is 4. The maximum Gasteiger partial charge on any atom is 0.355 e. The summed E-state index contributed by atoms with van der Waals surface area (Å²) >= 11 is 0. The first kappa shape index (κ1) is 28.0. The van der Waals surface area contributed by atoms with Crippen LogP contribution in [-0.2, 0) is 38.1 Å². The Morgan fingerprint density at radius 1 is 0.848 bits per heavy atom. The summed E-state index contributed by atoms with van der Waals surface area (Å²) in [4.78, 5) is 54.3. The van der Waals surface area contributed by atoms with Gasteiger partial charge in [0, 0.05) is 6.54 Å². The average molecular weight is 469 g/mol. The molecule has 1 aliphatic heterocycles. The topological polar surface area (TPSA) is 112 Å². The van der Waals surface area contributed by atoms with E-state index in [-0.39, 0.29) is 50.1 Å². The normalized spacial score (nSPS) is 16.4. The molecule has 186 valence electrons. The second-order valence-electron chi connectivity index (χ2n) is 7.00. The smallest absolute Gasteiger partial charge is 0.355 e. The number of nitrogens with zero attached hydrogens (tertiary/aromatic N) is 2. The molecular formula is C23H36N2O8. The van der Waals surface area contributed by atoms with E-state index in [1.165, 1.54) is 0 Å². The third-order valence-electron chi connectivity index (χ3n) is 4.78. The summed E-state index contributed by atoms with van der Waals surface area (Å²) in [5.41, 5.74) is 0.129. The summed E-state index contributed by atoms with van der Waals surface area (Å²) in [6, 6.07) is -0.735. The van der Waals surface area contributed by atoms with E-state index in [1.807, 2.05) is 13.8 Å². The van der Waals surface area contributed by atoms with Gasteiger partial charge in [0.05, 0.1) is 50.8 Å². The molecule has 0 aliphatic carbocycles. The fraction of sp³-hybridized carbons (Fsp3) is 0.652. The quantitative estimate of drug-likeness (QED) is 0.240. The van der Waals surface area contributed by atoms with Gasteiger partial charge in [0.1, 0.15) is 11.4 Å². The van der Waals surface area contributed by atoms with Gasteiger partial charge in [-0.25, -0.2) is 19.2 Å². The first-order valence-corrected chi connectivity index (χ1v) is 11.5. The largest absolute Gasteiger partial charge is 0.463 e. The Morgan fingerprint density at radius 2 is 1.42 bits per heavy atom. The Balaban J connectivity index is 3.76. The fourth-order valence-electron chi connectivity index (χ4n) is 3.60. The third-order valence-corrected chi connectivity index (χ3v) is 4.78. The maximum atomic E-state index is 13.1. The van der Waals surface area contributed by atoms with E-state index in [1.54, 1.807) is 37.5 Å². The van der Waals surface area contributed by atoms with Crippen molar-refractivity contribution >= 4 is 23.9 Å². The summed E-state index contributed by atoms with van der Waals surface area (Å²) in [7, 11) is 0. The minimum Gasteiger partial charge on any atom is -0.463 e. The van der Waals surface area contributed by atoms with Crippen LogP contribution in [0.1, 0.15) is 54.4 Å². The van der Waals surface area contributed by atoms with Crippen molar-refractivity contribution in [1.82, 2.24) is 9.80 Å². The molecule has 0 aromatic heterocycles. The van der Waals surface area contributed by atoms with Gasteiger partial charge in [-0.15, -0.1) is 0 Å². The Morgan fingerprint density at radius 3 is 1.94 bits per heavy atom. The van der Waals surface area contributed by atoms with Crippen molar-refractivity contribution in [2.45, 2.75) is 60.4 Å². The molecule has 0 saturated heterocycles. The number of hydrogen-bond acceptors (Lipinski definition) is 10. The summed E-state index contributed by atoms with van der Waals surface area (Å²) in [5, 5.41) is 0. The molecule has 0 bridgehead atoms. The molecule has 0 aromatic carbocycles. The van der Waals surface area contributed by atoms with E-state index < -0.39 is 29.9 Å². The van der Waals surface area contributed by atoms with E-state index >= 15 is 0 Å². The second kappa shape index (κ2) is 14.2. The molecule has 0 saturated carbocycles. The molecule has 10 heteroatoms. The molecular weight excluding hydrogens is 432 g/mol. The monoisotopic (exact) mass is 468 g/mol. The van der Waals surface area contributed by atoms with Crippen LogP contribution in [0.4, 0.5) is 0 Å². The number of esters is 4. The van der Waals surface area contributed by atoms with Crippen molar-refractivity contribution in [2.24, 2.45) is 0 Å². The van der Waals surface area contributed by atoms with E-state index in [0.29, 0.717) is 19.4 Å². The van der Waals surface area contributed by atoms with E-state index in [2.05, 4.69) is 0 Å². The summed E-state index contributed by atoms with van der Waals surface area (Å²) < 4.78 is 20.7. The molecule has 0 fully saturated rings. The predicted molar refractivity (Wildman–Crippen MR) is 119 cm³/mol. The van der Waals surface area contributed by atoms with Gasteiger partial charge in [0.25, 0.3) is 0 Å². The van der Waals surface area contributed by atoms with Gasteiger partial charge in [-0.05, 0) is 40.5 Å². The number of carbonyl (C=O) groups excluding carboxylic acids is 4. The van der Waals surface area contributed by atoms with Crippen molar-refractivity contribution in [3.63, 3.8) is 0 Å². The van der Waals surface area contributed by atoms with Gasteiger partial charge in [0.2, 0.25) is 0 Å². The standard InChI is InChI=1S/C23H36N2O8/c1-7-13-24-15-25(17(21(27)31-10-4)14-18(26)30-9-3)16(8-2)19(22(28)32-11-5)20(24)23(29)33-12-6/h14,16H,7-13,15H2,1-6H3/b17-14+. The number of hydrogen-bond donors (Lipinski definition) is 0. The Kier molecular flexibility index (Phi) is 12.0. The van der Waals surface area contributed by atoms with Gasteiger partial charge in [-0.3, -0.25) is 0 Å². The molecule has 0 spiro atoms. The lowest BCUT2D eigenvalue weighted by atomic mass is 9.96. The van der Waals surface area contributed by atoms with Crippen LogP contribution in [0.15, 0.2) is 23.0 Å². The highest BCUT2D eigenvalue weighted by Crippen LogP contribution is 2.32. The lowest BCUT2D eigenvalue weighted by Crippen LogP contribution is -2.53. The van der Waals surface area contributed by atoms with Gasteiger partial charge in [-0.1, -0.05) is 13.8 Å². The molecule has 0 N–H and O–H groups in total. The lowest BCUT2D eigenvalue weighted by Gasteiger charge is -2.44. The van der Waals surface area contributed by atoms with E-state index in [0.717, 1.165) is 6.08 Å². The molecule has 1 aliphatic rings. The summed E-state index contributed by atoms with van der Waals surface area (Å²) in [6.45, 7) is 11.3. The molecule has 0 radical (unpaired) electrons. The number of rotatable bonds is 12. The zero-order valence-electron chi connectivity index (χ0n) is 20.5. The van der Waals surface area contributed by atoms with Gasteiger partial charge in [-0.2, -0.15) is 0 Å². The van der Waals surface area contributed by atoms with Crippen LogP contribution >= 0.6 is 0 Å². The van der Waals surface area contributed by atoms with Gasteiger partial charge in [0.15, 0.2) is 0 Å². The van der Waals surface area contributed by atoms with Crippen LogP contribution in [-0.4, -0.2) is 79.4 Å². The highest BCUT2D eigenvalue weighted by molar-refractivity contribution is 6.02. The third kappa shape index (κ3) is 7.23. The summed E-state index contributed by atoms with van der Waals surface area (Å²) in [6.07, 6.45) is 2.06. The minimum atomic E-state index is -0.735. The van der Waals surface area contributed by atoms with Crippen LogP contribution in [0.5, 0.6) is 0 Å². The van der Waals surface area contributed by atoms with E-state index in [9.17, 15) is 19.2 Å². The highest BCUT2D eigenvalue weighted by Gasteiger charge is 2.42. The van der Waals surface area contributed by atoms with Crippen LogP contribution in [0.2, 0.25) is 0 Å². The predicted octanol–water partition coefficient (Wildman–Crippen LogP) is 2.14. The highest BCUT2D eigenvalue weighted by atomic mass is 16.5. The molecule has 33 heavy (non-hydrogen) atoms. The van der Waals surface area contributed by atoms with Gasteiger partial charge < -0.3 is 28.7 Å². The van der Waals surface area contributed by atoms with Crippen LogP contribution in [0.3, 0.4) is 0 Å². The first-order chi connectivity index (χ1) is 15.8. The fourth-order valence-corrected chi connectivity index (χ4v) is 3.60. The van der Waals surface area contributed by atoms with Crippen LogP contribution in [0, 0.1) is 0 Å². The summed E-state index contributed by atoms with van der Waals surface area (Å²) in [5.74, 6) is -2.77. The Hall–Kier alpha value is -3.04. The first-order valence-electron chi connectivity index (χ1n) is 11.5. The molecule has 10 nitrogen and oxygen atoms in total. The minimum absolute atomic E-state index is 0.0621. The average Bonchev–Trinajstić information content (AvgIpc) is 2.77. The molecule has 0 amide bonds. The van der Waals surface area contributed by atoms with Crippen molar-refractivity contribution in [3.8, 4) is 0 Å². The van der Waals surface area contributed by atoms with Crippen molar-refractivity contribution < 1.29 is 38.1 Å². The molecule has 1 rings (SSSR count). The Labute approximate surface area is 195 Å². The SMILES string of the molecule is CCCN1CN(/C(=C/C(=O)OCC)C(=O)OCC)C(CC)C(C(=O)OCC)=C1C(=O)OCC. The molecule has 1 atom stereocenters. The van der Waals surface area contributed by atoms with Crippen molar-refractivity contribution in [2.75, 3.05) is 39.6 Å². The molecule has 1 unspecified atom stereocenters. The van der Waals surface area contributed by atoms with Crippen LogP contribution in [0.25, 0.3) is 0 Å². The lowest BCUT2D eigenvalue weighted by molar-refractivity contribution is -0.147. The number of carbonyl (C=O) groups is 4. The second-order valence-corrected chi connectivity index (χ2v) is 7.00. The van der Waals surface area contributed by atoms with Crippen LogP contribution < -0.4 is 0 Å². The zero-order chi connectivity index (χ0) is 25.0. The van der Waals surface area contributed by atoms with Crippen molar-refractivity contribution in [1.29, 1.82) is 0 Å². The maximum absolute atomic E-state index is 13.1. The van der Waals surface area contributed by atoms with Crippen molar-refractivity contribution in [3.05, 3.63) is 23.0 Å². The van der Waals surface area contributed by atoms with Gasteiger partial charge >= 0.3 is 23.9 Å². The van der Waals surface area contributed by atoms with E-state index in [4.69, 9.17) is 18.9 Å².